The van der Waals surface area contributed by atoms with Crippen molar-refractivity contribution in [3.63, 3.8) is 0 Å². The van der Waals surface area contributed by atoms with E-state index in [4.69, 9.17) is 21.0 Å². The summed E-state index contributed by atoms with van der Waals surface area (Å²) in [6.45, 7) is 0. The molecule has 0 aliphatic rings. The Hall–Kier alpha value is -3.68. The number of nitrogens with two attached hydrogens (primary N) is 2. The minimum absolute atomic E-state index is 0.0347. The van der Waals surface area contributed by atoms with Crippen LogP contribution in [0.4, 0.5) is 11.5 Å². The first kappa shape index (κ1) is 15.2. The first-order chi connectivity index (χ1) is 11.6. The lowest BCUT2D eigenvalue weighted by molar-refractivity contribution is 0.476. The lowest BCUT2D eigenvalue weighted by Crippen LogP contribution is -1.87. The molecule has 0 spiro atoms. The predicted octanol–water partition coefficient (Wildman–Crippen LogP) is 2.24. The summed E-state index contributed by atoms with van der Waals surface area (Å²) in [5.41, 5.74) is 13.4. The molecule has 8 heteroatoms. The molecule has 0 saturated carbocycles. The normalized spacial score (nSPS) is 10.2. The SMILES string of the molecule is Nc1cncc(-c2nc3ncccc3o2)c1.Nc1ncccc1O. The maximum Gasteiger partial charge on any atom is 0.230 e. The van der Waals surface area contributed by atoms with Crippen LogP contribution in [0.2, 0.25) is 0 Å². The molecule has 120 valence electrons. The van der Waals surface area contributed by atoms with E-state index in [0.29, 0.717) is 22.8 Å². The standard InChI is InChI=1S/C11H8N4O.C5H6N2O/c12-8-4-7(5-13-6-8)11-15-10-9(16-11)2-1-3-14-10;6-5-4(8)2-1-3-7-5/h1-6H,12H2;1-3,8H,(H2,6,7). The van der Waals surface area contributed by atoms with E-state index in [-0.39, 0.29) is 11.6 Å². The van der Waals surface area contributed by atoms with Gasteiger partial charge in [0.2, 0.25) is 5.89 Å². The molecular weight excluding hydrogens is 308 g/mol. The Morgan fingerprint density at radius 2 is 1.79 bits per heavy atom. The molecule has 0 atom stereocenters. The van der Waals surface area contributed by atoms with Crippen LogP contribution in [-0.4, -0.2) is 25.0 Å². The van der Waals surface area contributed by atoms with Gasteiger partial charge in [-0.05, 0) is 30.3 Å². The van der Waals surface area contributed by atoms with Gasteiger partial charge in [0.05, 0.1) is 11.3 Å². The van der Waals surface area contributed by atoms with E-state index >= 15 is 0 Å². The quantitative estimate of drug-likeness (QED) is 0.485. The molecule has 0 aromatic carbocycles. The van der Waals surface area contributed by atoms with Crippen LogP contribution in [0.5, 0.6) is 5.75 Å². The number of hydrogen-bond acceptors (Lipinski definition) is 8. The van der Waals surface area contributed by atoms with Crippen molar-refractivity contribution in [2.45, 2.75) is 0 Å². The topological polar surface area (TPSA) is 137 Å². The summed E-state index contributed by atoms with van der Waals surface area (Å²) in [7, 11) is 0. The monoisotopic (exact) mass is 322 g/mol. The van der Waals surface area contributed by atoms with E-state index in [1.54, 1.807) is 36.8 Å². The van der Waals surface area contributed by atoms with Crippen LogP contribution < -0.4 is 11.5 Å². The van der Waals surface area contributed by atoms with E-state index < -0.39 is 0 Å². The summed E-state index contributed by atoms with van der Waals surface area (Å²) >= 11 is 0. The van der Waals surface area contributed by atoms with E-state index in [1.807, 2.05) is 6.07 Å². The van der Waals surface area contributed by atoms with Gasteiger partial charge < -0.3 is 21.0 Å². The second-order valence-electron chi connectivity index (χ2n) is 4.76. The van der Waals surface area contributed by atoms with Crippen LogP contribution >= 0.6 is 0 Å². The first-order valence-electron chi connectivity index (χ1n) is 6.95. The highest BCUT2D eigenvalue weighted by Gasteiger charge is 2.08. The van der Waals surface area contributed by atoms with Crippen LogP contribution in [0.3, 0.4) is 0 Å². The van der Waals surface area contributed by atoms with Crippen molar-refractivity contribution in [3.05, 3.63) is 55.1 Å². The first-order valence-corrected chi connectivity index (χ1v) is 6.95. The molecule has 0 amide bonds. The van der Waals surface area contributed by atoms with Crippen LogP contribution in [-0.2, 0) is 0 Å². The highest BCUT2D eigenvalue weighted by Crippen LogP contribution is 2.23. The lowest BCUT2D eigenvalue weighted by Gasteiger charge is -1.95. The fourth-order valence-electron chi connectivity index (χ4n) is 1.88. The molecule has 4 heterocycles. The molecule has 24 heavy (non-hydrogen) atoms. The van der Waals surface area contributed by atoms with Crippen LogP contribution in [0.15, 0.2) is 59.5 Å². The Morgan fingerprint density at radius 1 is 1.00 bits per heavy atom. The van der Waals surface area contributed by atoms with Crippen molar-refractivity contribution < 1.29 is 9.52 Å². The molecule has 8 nitrogen and oxygen atoms in total. The Morgan fingerprint density at radius 3 is 2.46 bits per heavy atom. The fourth-order valence-corrected chi connectivity index (χ4v) is 1.88. The van der Waals surface area contributed by atoms with Gasteiger partial charge in [0.1, 0.15) is 0 Å². The van der Waals surface area contributed by atoms with E-state index in [0.717, 1.165) is 5.56 Å². The number of aromatic nitrogens is 4. The molecule has 4 rings (SSSR count). The number of aromatic hydroxyl groups is 1. The number of nitrogen functional groups attached to an aromatic ring is 2. The van der Waals surface area contributed by atoms with E-state index in [9.17, 15) is 0 Å². The number of hydrogen-bond donors (Lipinski definition) is 3. The van der Waals surface area contributed by atoms with Gasteiger partial charge in [-0.2, -0.15) is 4.98 Å². The lowest BCUT2D eigenvalue weighted by atomic mass is 10.3. The second kappa shape index (κ2) is 6.61. The minimum atomic E-state index is 0.0347. The summed E-state index contributed by atoms with van der Waals surface area (Å²) in [5.74, 6) is 0.688. The highest BCUT2D eigenvalue weighted by atomic mass is 16.3. The number of pyridine rings is 3. The van der Waals surface area contributed by atoms with Crippen molar-refractivity contribution in [1.82, 2.24) is 19.9 Å². The summed E-state index contributed by atoms with van der Waals surface area (Å²) in [6.07, 6.45) is 6.42. The molecule has 4 aromatic heterocycles. The molecule has 5 N–H and O–H groups in total. The average Bonchev–Trinajstić information content (AvgIpc) is 3.02. The number of rotatable bonds is 1. The van der Waals surface area contributed by atoms with Gasteiger partial charge in [-0.1, -0.05) is 0 Å². The Balaban J connectivity index is 0.000000179. The molecule has 0 fully saturated rings. The summed E-state index contributed by atoms with van der Waals surface area (Å²) < 4.78 is 5.54. The zero-order valence-corrected chi connectivity index (χ0v) is 12.5. The van der Waals surface area contributed by atoms with Crippen LogP contribution in [0.25, 0.3) is 22.7 Å². The Kier molecular flexibility index (Phi) is 4.19. The van der Waals surface area contributed by atoms with Gasteiger partial charge in [-0.25, -0.2) is 9.97 Å². The molecule has 0 unspecified atom stereocenters. The van der Waals surface area contributed by atoms with Gasteiger partial charge in [0.15, 0.2) is 22.8 Å². The predicted molar refractivity (Wildman–Crippen MR) is 89.8 cm³/mol. The van der Waals surface area contributed by atoms with E-state index in [2.05, 4.69) is 19.9 Å². The number of anilines is 2. The third-order valence-corrected chi connectivity index (χ3v) is 2.99. The van der Waals surface area contributed by atoms with Crippen LogP contribution in [0, 0.1) is 0 Å². The van der Waals surface area contributed by atoms with Crippen molar-refractivity contribution in [2.24, 2.45) is 0 Å². The molecule has 4 aromatic rings. The summed E-state index contributed by atoms with van der Waals surface area (Å²) in [4.78, 5) is 15.9. The number of nitrogens with zero attached hydrogens (tertiary/aromatic N) is 4. The zero-order chi connectivity index (χ0) is 16.9. The van der Waals surface area contributed by atoms with E-state index in [1.165, 1.54) is 12.3 Å². The summed E-state index contributed by atoms with van der Waals surface area (Å²) in [6, 6.07) is 8.49. The summed E-state index contributed by atoms with van der Waals surface area (Å²) in [5, 5.41) is 8.73. The zero-order valence-electron chi connectivity index (χ0n) is 12.5. The molecule has 0 saturated heterocycles. The molecular formula is C16H14N6O2. The van der Waals surface area contributed by atoms with Gasteiger partial charge in [0.25, 0.3) is 0 Å². The second-order valence-corrected chi connectivity index (χ2v) is 4.76. The maximum absolute atomic E-state index is 8.73. The third kappa shape index (κ3) is 3.38. The Labute approximate surface area is 136 Å². The third-order valence-electron chi connectivity index (χ3n) is 2.99. The van der Waals surface area contributed by atoms with Crippen molar-refractivity contribution >= 4 is 22.7 Å². The van der Waals surface area contributed by atoms with Gasteiger partial charge in [-0.15, -0.1) is 0 Å². The average molecular weight is 322 g/mol. The van der Waals surface area contributed by atoms with Gasteiger partial charge >= 0.3 is 0 Å². The minimum Gasteiger partial charge on any atom is -0.504 e. The highest BCUT2D eigenvalue weighted by molar-refractivity contribution is 5.72. The molecule has 0 radical (unpaired) electrons. The maximum atomic E-state index is 8.73. The van der Waals surface area contributed by atoms with Gasteiger partial charge in [0, 0.05) is 24.8 Å². The number of oxazole rings is 1. The number of fused-ring (bicyclic) bond motifs is 1. The van der Waals surface area contributed by atoms with Crippen LogP contribution in [0.1, 0.15) is 0 Å². The molecule has 0 aliphatic heterocycles. The largest absolute Gasteiger partial charge is 0.504 e. The van der Waals surface area contributed by atoms with Crippen molar-refractivity contribution in [2.75, 3.05) is 11.5 Å². The molecule has 0 bridgehead atoms. The smallest absolute Gasteiger partial charge is 0.230 e. The molecule has 0 aliphatic carbocycles. The fraction of sp³-hybridized carbons (Fsp3) is 0. The van der Waals surface area contributed by atoms with Crippen molar-refractivity contribution in [1.29, 1.82) is 0 Å². The Bertz CT molecular complexity index is 915. The van der Waals surface area contributed by atoms with Gasteiger partial charge in [-0.3, -0.25) is 4.98 Å². The van der Waals surface area contributed by atoms with Crippen molar-refractivity contribution in [3.8, 4) is 17.2 Å².